The number of nitrogens with two attached hydrogens (primary N) is 1. The number of carbonyl (C=O) groups excluding carboxylic acids is 1. The van der Waals surface area contributed by atoms with E-state index in [9.17, 15) is 4.79 Å². The van der Waals surface area contributed by atoms with Crippen molar-refractivity contribution in [3.05, 3.63) is 28.2 Å². The molecule has 0 amide bonds. The maximum absolute atomic E-state index is 12.5. The molecule has 1 aliphatic rings. The van der Waals surface area contributed by atoms with Gasteiger partial charge in [-0.3, -0.25) is 4.79 Å². The van der Waals surface area contributed by atoms with Crippen molar-refractivity contribution >= 4 is 27.4 Å². The van der Waals surface area contributed by atoms with Crippen LogP contribution in [-0.2, 0) is 0 Å². The maximum atomic E-state index is 12.5. The molecule has 2 rings (SSSR count). The van der Waals surface area contributed by atoms with Gasteiger partial charge in [-0.2, -0.15) is 0 Å². The summed E-state index contributed by atoms with van der Waals surface area (Å²) in [6.45, 7) is 4.48. The van der Waals surface area contributed by atoms with Crippen LogP contribution in [0.15, 0.2) is 22.7 Å². The molecular weight excluding hydrogens is 290 g/mol. The first-order valence-corrected chi connectivity index (χ1v) is 7.35. The Kier molecular flexibility index (Phi) is 4.10. The molecule has 3 heteroatoms. The monoisotopic (exact) mass is 309 g/mol. The van der Waals surface area contributed by atoms with Crippen LogP contribution in [0.2, 0.25) is 0 Å². The number of Topliss-reactive ketones (excluding diaryl/α,β-unsaturated/α-hetero) is 1. The van der Waals surface area contributed by atoms with E-state index in [0.29, 0.717) is 17.5 Å². The van der Waals surface area contributed by atoms with E-state index in [2.05, 4.69) is 29.8 Å². The largest absolute Gasteiger partial charge is 0.399 e. The van der Waals surface area contributed by atoms with Gasteiger partial charge in [0.25, 0.3) is 0 Å². The highest BCUT2D eigenvalue weighted by Gasteiger charge is 2.29. The van der Waals surface area contributed by atoms with Crippen LogP contribution < -0.4 is 5.73 Å². The first kappa shape index (κ1) is 13.6. The molecule has 0 bridgehead atoms. The number of carbonyl (C=O) groups is 1. The van der Waals surface area contributed by atoms with Gasteiger partial charge < -0.3 is 5.73 Å². The van der Waals surface area contributed by atoms with E-state index in [1.807, 2.05) is 12.1 Å². The van der Waals surface area contributed by atoms with Crippen molar-refractivity contribution in [3.8, 4) is 0 Å². The summed E-state index contributed by atoms with van der Waals surface area (Å²) in [4.78, 5) is 12.5. The number of hydrogen-bond donors (Lipinski definition) is 1. The van der Waals surface area contributed by atoms with Crippen molar-refractivity contribution in [2.45, 2.75) is 33.1 Å². The molecule has 98 valence electrons. The van der Waals surface area contributed by atoms with Crippen LogP contribution in [-0.4, -0.2) is 5.78 Å². The lowest BCUT2D eigenvalue weighted by Crippen LogP contribution is -2.26. The first-order chi connectivity index (χ1) is 8.45. The lowest BCUT2D eigenvalue weighted by Gasteiger charge is -2.30. The Morgan fingerprint density at radius 2 is 1.78 bits per heavy atom. The second kappa shape index (κ2) is 5.43. The summed E-state index contributed by atoms with van der Waals surface area (Å²) >= 11 is 3.40. The third kappa shape index (κ3) is 3.14. The number of anilines is 1. The minimum atomic E-state index is 0.164. The molecule has 2 N–H and O–H groups in total. The number of benzene rings is 1. The van der Waals surface area contributed by atoms with Gasteiger partial charge in [0.2, 0.25) is 0 Å². The third-order valence-corrected chi connectivity index (χ3v) is 4.21. The van der Waals surface area contributed by atoms with Crippen molar-refractivity contribution in [2.75, 3.05) is 5.73 Å². The smallest absolute Gasteiger partial charge is 0.166 e. The summed E-state index contributed by atoms with van der Waals surface area (Å²) < 4.78 is 0.878. The first-order valence-electron chi connectivity index (χ1n) is 6.56. The molecule has 0 aromatic heterocycles. The van der Waals surface area contributed by atoms with E-state index in [1.54, 1.807) is 6.07 Å². The quantitative estimate of drug-likeness (QED) is 0.654. The average molecular weight is 310 g/mol. The molecule has 1 aliphatic carbocycles. The van der Waals surface area contributed by atoms with Gasteiger partial charge in [0, 0.05) is 21.6 Å². The number of ketones is 1. The van der Waals surface area contributed by atoms with E-state index in [0.717, 1.165) is 22.9 Å². The zero-order chi connectivity index (χ0) is 13.3. The molecule has 2 atom stereocenters. The van der Waals surface area contributed by atoms with Crippen molar-refractivity contribution in [2.24, 2.45) is 17.8 Å². The van der Waals surface area contributed by atoms with Gasteiger partial charge in [-0.15, -0.1) is 0 Å². The Labute approximate surface area is 117 Å². The van der Waals surface area contributed by atoms with Crippen LogP contribution in [0.5, 0.6) is 0 Å². The minimum Gasteiger partial charge on any atom is -0.399 e. The van der Waals surface area contributed by atoms with Crippen LogP contribution in [0, 0.1) is 17.8 Å². The van der Waals surface area contributed by atoms with Gasteiger partial charge in [-0.25, -0.2) is 0 Å². The van der Waals surface area contributed by atoms with Crippen LogP contribution in [0.3, 0.4) is 0 Å². The molecule has 1 saturated carbocycles. The predicted molar refractivity (Wildman–Crippen MR) is 78.6 cm³/mol. The fourth-order valence-electron chi connectivity index (χ4n) is 3.15. The van der Waals surface area contributed by atoms with Gasteiger partial charge >= 0.3 is 0 Å². The highest BCUT2D eigenvalue weighted by atomic mass is 79.9. The van der Waals surface area contributed by atoms with Crippen molar-refractivity contribution in [1.82, 2.24) is 0 Å². The predicted octanol–water partition coefficient (Wildman–Crippen LogP) is 4.29. The second-order valence-electron chi connectivity index (χ2n) is 5.75. The molecule has 2 nitrogen and oxygen atoms in total. The molecule has 1 aromatic carbocycles. The van der Waals surface area contributed by atoms with Crippen LogP contribution >= 0.6 is 15.9 Å². The summed E-state index contributed by atoms with van der Waals surface area (Å²) in [5.41, 5.74) is 7.19. The molecule has 1 fully saturated rings. The standard InChI is InChI=1S/C15H20BrNO/c1-9-3-10(2)5-11(4-9)15(18)12-6-13(16)8-14(17)7-12/h6-11H,3-5,17H2,1-2H3. The fraction of sp³-hybridized carbons (Fsp3) is 0.533. The zero-order valence-corrected chi connectivity index (χ0v) is 12.5. The Bertz CT molecular complexity index is 428. The third-order valence-electron chi connectivity index (χ3n) is 3.75. The molecule has 1 aromatic rings. The van der Waals surface area contributed by atoms with Gasteiger partial charge in [-0.1, -0.05) is 29.8 Å². The Morgan fingerprint density at radius 3 is 2.33 bits per heavy atom. The van der Waals surface area contributed by atoms with E-state index < -0.39 is 0 Å². The molecule has 2 unspecified atom stereocenters. The van der Waals surface area contributed by atoms with E-state index in [-0.39, 0.29) is 11.7 Å². The van der Waals surface area contributed by atoms with Gasteiger partial charge in [0.15, 0.2) is 5.78 Å². The topological polar surface area (TPSA) is 43.1 Å². The van der Waals surface area contributed by atoms with E-state index in [1.165, 1.54) is 6.42 Å². The Morgan fingerprint density at radius 1 is 1.17 bits per heavy atom. The number of hydrogen-bond acceptors (Lipinski definition) is 2. The lowest BCUT2D eigenvalue weighted by atomic mass is 9.74. The highest BCUT2D eigenvalue weighted by molar-refractivity contribution is 9.10. The molecule has 0 saturated heterocycles. The maximum Gasteiger partial charge on any atom is 0.166 e. The van der Waals surface area contributed by atoms with Crippen molar-refractivity contribution in [1.29, 1.82) is 0 Å². The van der Waals surface area contributed by atoms with Crippen molar-refractivity contribution in [3.63, 3.8) is 0 Å². The fourth-order valence-corrected chi connectivity index (χ4v) is 3.66. The molecule has 18 heavy (non-hydrogen) atoms. The van der Waals surface area contributed by atoms with Gasteiger partial charge in [-0.05, 0) is 49.3 Å². The summed E-state index contributed by atoms with van der Waals surface area (Å²) in [6.07, 6.45) is 3.26. The van der Waals surface area contributed by atoms with E-state index >= 15 is 0 Å². The molecule has 0 spiro atoms. The van der Waals surface area contributed by atoms with Crippen LogP contribution in [0.25, 0.3) is 0 Å². The summed E-state index contributed by atoms with van der Waals surface area (Å²) in [7, 11) is 0. The number of nitrogen functional groups attached to an aromatic ring is 1. The normalized spacial score (nSPS) is 28.1. The van der Waals surface area contributed by atoms with Crippen LogP contribution in [0.4, 0.5) is 5.69 Å². The molecule has 0 heterocycles. The molecular formula is C15H20BrNO. The highest BCUT2D eigenvalue weighted by Crippen LogP contribution is 2.35. The minimum absolute atomic E-state index is 0.164. The number of rotatable bonds is 2. The molecule has 0 radical (unpaired) electrons. The molecule has 0 aliphatic heterocycles. The SMILES string of the molecule is CC1CC(C)CC(C(=O)c2cc(N)cc(Br)c2)C1. The van der Waals surface area contributed by atoms with Crippen molar-refractivity contribution < 1.29 is 4.79 Å². The zero-order valence-electron chi connectivity index (χ0n) is 10.9. The second-order valence-corrected chi connectivity index (χ2v) is 6.67. The summed E-state index contributed by atoms with van der Waals surface area (Å²) in [5.74, 6) is 1.71. The summed E-state index contributed by atoms with van der Waals surface area (Å²) in [5, 5.41) is 0. The van der Waals surface area contributed by atoms with E-state index in [4.69, 9.17) is 5.73 Å². The Balaban J connectivity index is 2.20. The lowest BCUT2D eigenvalue weighted by molar-refractivity contribution is 0.0836. The number of halogens is 1. The van der Waals surface area contributed by atoms with Gasteiger partial charge in [0.05, 0.1) is 0 Å². The Hall–Kier alpha value is -0.830. The van der Waals surface area contributed by atoms with Crippen LogP contribution in [0.1, 0.15) is 43.5 Å². The summed E-state index contributed by atoms with van der Waals surface area (Å²) in [6, 6.07) is 5.49. The van der Waals surface area contributed by atoms with Gasteiger partial charge in [0.1, 0.15) is 0 Å². The average Bonchev–Trinajstić information content (AvgIpc) is 2.25.